The normalized spacial score (nSPS) is 13.7. The Morgan fingerprint density at radius 1 is 1.37 bits per heavy atom. The molecule has 0 aliphatic heterocycles. The highest BCUT2D eigenvalue weighted by molar-refractivity contribution is 6.30. The zero-order valence-electron chi connectivity index (χ0n) is 12.1. The summed E-state index contributed by atoms with van der Waals surface area (Å²) in [6.07, 6.45) is 2.06. The van der Waals surface area contributed by atoms with Crippen molar-refractivity contribution in [3.63, 3.8) is 0 Å². The lowest BCUT2D eigenvalue weighted by Gasteiger charge is -2.20. The Morgan fingerprint density at radius 2 is 2.05 bits per heavy atom. The summed E-state index contributed by atoms with van der Waals surface area (Å²) < 4.78 is 0. The molecular formula is C15H23ClN2O. The molecule has 0 radical (unpaired) electrons. The number of carbonyl (C=O) groups excluding carboxylic acids is 1. The SMILES string of the molecule is CCCC(C)NC(=O)C(C)Nc1cc(Cl)ccc1C. The van der Waals surface area contributed by atoms with E-state index in [2.05, 4.69) is 17.6 Å². The Balaban J connectivity index is 2.61. The number of amides is 1. The Labute approximate surface area is 120 Å². The molecule has 2 atom stereocenters. The summed E-state index contributed by atoms with van der Waals surface area (Å²) in [5.74, 6) is 0.0142. The molecule has 2 N–H and O–H groups in total. The van der Waals surface area contributed by atoms with E-state index in [-0.39, 0.29) is 18.0 Å². The van der Waals surface area contributed by atoms with Gasteiger partial charge in [0.25, 0.3) is 0 Å². The summed E-state index contributed by atoms with van der Waals surface area (Å²) >= 11 is 5.96. The van der Waals surface area contributed by atoms with Crippen LogP contribution in [-0.4, -0.2) is 18.0 Å². The molecule has 1 rings (SSSR count). The Kier molecular flexibility index (Phi) is 6.16. The number of aryl methyl sites for hydroxylation is 1. The van der Waals surface area contributed by atoms with Crippen molar-refractivity contribution < 1.29 is 4.79 Å². The molecule has 106 valence electrons. The quantitative estimate of drug-likeness (QED) is 0.834. The summed E-state index contributed by atoms with van der Waals surface area (Å²) in [7, 11) is 0. The third-order valence-corrected chi connectivity index (χ3v) is 3.31. The van der Waals surface area contributed by atoms with E-state index in [1.165, 1.54) is 0 Å². The fourth-order valence-electron chi connectivity index (χ4n) is 1.92. The lowest BCUT2D eigenvalue weighted by atomic mass is 10.1. The number of rotatable bonds is 6. The van der Waals surface area contributed by atoms with E-state index in [1.807, 2.05) is 39.0 Å². The lowest BCUT2D eigenvalue weighted by molar-refractivity contribution is -0.122. The van der Waals surface area contributed by atoms with Gasteiger partial charge in [-0.15, -0.1) is 0 Å². The first kappa shape index (κ1) is 15.8. The molecule has 1 aromatic carbocycles. The van der Waals surface area contributed by atoms with Gasteiger partial charge in [0, 0.05) is 16.8 Å². The van der Waals surface area contributed by atoms with Gasteiger partial charge in [0.15, 0.2) is 0 Å². The van der Waals surface area contributed by atoms with Crippen LogP contribution in [0.1, 0.15) is 39.2 Å². The summed E-state index contributed by atoms with van der Waals surface area (Å²) in [6, 6.07) is 5.56. The number of benzene rings is 1. The van der Waals surface area contributed by atoms with E-state index >= 15 is 0 Å². The van der Waals surface area contributed by atoms with Crippen LogP contribution in [0.5, 0.6) is 0 Å². The average Bonchev–Trinajstić information content (AvgIpc) is 2.34. The predicted molar refractivity (Wildman–Crippen MR) is 81.8 cm³/mol. The van der Waals surface area contributed by atoms with Gasteiger partial charge in [0.05, 0.1) is 0 Å². The molecule has 0 fully saturated rings. The second-order valence-corrected chi connectivity index (χ2v) is 5.46. The molecule has 0 aliphatic rings. The van der Waals surface area contributed by atoms with Crippen molar-refractivity contribution in [3.8, 4) is 0 Å². The van der Waals surface area contributed by atoms with Crippen LogP contribution in [0.2, 0.25) is 5.02 Å². The fraction of sp³-hybridized carbons (Fsp3) is 0.533. The van der Waals surface area contributed by atoms with Gasteiger partial charge in [-0.2, -0.15) is 0 Å². The summed E-state index contributed by atoms with van der Waals surface area (Å²) in [4.78, 5) is 12.0. The van der Waals surface area contributed by atoms with Gasteiger partial charge in [0.1, 0.15) is 6.04 Å². The molecule has 0 saturated heterocycles. The number of halogens is 1. The molecule has 4 heteroatoms. The smallest absolute Gasteiger partial charge is 0.242 e. The van der Waals surface area contributed by atoms with Crippen LogP contribution in [0.25, 0.3) is 0 Å². The first-order valence-corrected chi connectivity index (χ1v) is 7.15. The van der Waals surface area contributed by atoms with Crippen molar-refractivity contribution in [2.75, 3.05) is 5.32 Å². The second kappa shape index (κ2) is 7.39. The van der Waals surface area contributed by atoms with Gasteiger partial charge < -0.3 is 10.6 Å². The summed E-state index contributed by atoms with van der Waals surface area (Å²) in [5, 5.41) is 6.87. The fourth-order valence-corrected chi connectivity index (χ4v) is 2.09. The number of anilines is 1. The minimum Gasteiger partial charge on any atom is -0.374 e. The van der Waals surface area contributed by atoms with Crippen LogP contribution in [-0.2, 0) is 4.79 Å². The zero-order valence-corrected chi connectivity index (χ0v) is 12.8. The van der Waals surface area contributed by atoms with Gasteiger partial charge in [-0.05, 0) is 44.9 Å². The van der Waals surface area contributed by atoms with Crippen molar-refractivity contribution in [1.82, 2.24) is 5.32 Å². The van der Waals surface area contributed by atoms with Crippen LogP contribution < -0.4 is 10.6 Å². The molecule has 0 heterocycles. The highest BCUT2D eigenvalue weighted by Gasteiger charge is 2.15. The highest BCUT2D eigenvalue weighted by atomic mass is 35.5. The molecule has 2 unspecified atom stereocenters. The van der Waals surface area contributed by atoms with Crippen molar-refractivity contribution in [2.24, 2.45) is 0 Å². The van der Waals surface area contributed by atoms with Gasteiger partial charge in [-0.1, -0.05) is 31.0 Å². The third kappa shape index (κ3) is 5.11. The molecule has 1 amide bonds. The average molecular weight is 283 g/mol. The maximum atomic E-state index is 12.0. The molecule has 0 aliphatic carbocycles. The van der Waals surface area contributed by atoms with Crippen molar-refractivity contribution >= 4 is 23.2 Å². The third-order valence-electron chi connectivity index (χ3n) is 3.08. The van der Waals surface area contributed by atoms with E-state index in [0.29, 0.717) is 5.02 Å². The number of carbonyl (C=O) groups is 1. The summed E-state index contributed by atoms with van der Waals surface area (Å²) in [5.41, 5.74) is 1.98. The van der Waals surface area contributed by atoms with Crippen LogP contribution >= 0.6 is 11.6 Å². The second-order valence-electron chi connectivity index (χ2n) is 5.02. The van der Waals surface area contributed by atoms with Gasteiger partial charge >= 0.3 is 0 Å². The van der Waals surface area contributed by atoms with E-state index in [0.717, 1.165) is 24.1 Å². The molecule has 0 saturated carbocycles. The number of nitrogens with one attached hydrogen (secondary N) is 2. The van der Waals surface area contributed by atoms with Gasteiger partial charge in [0.2, 0.25) is 5.91 Å². The van der Waals surface area contributed by atoms with Crippen LogP contribution in [0, 0.1) is 6.92 Å². The first-order chi connectivity index (χ1) is 8.93. The van der Waals surface area contributed by atoms with Crippen LogP contribution in [0.4, 0.5) is 5.69 Å². The maximum Gasteiger partial charge on any atom is 0.242 e. The Morgan fingerprint density at radius 3 is 2.68 bits per heavy atom. The highest BCUT2D eigenvalue weighted by Crippen LogP contribution is 2.20. The zero-order chi connectivity index (χ0) is 14.4. The molecule has 1 aromatic rings. The topological polar surface area (TPSA) is 41.1 Å². The van der Waals surface area contributed by atoms with Gasteiger partial charge in [-0.25, -0.2) is 0 Å². The molecular weight excluding hydrogens is 260 g/mol. The molecule has 0 bridgehead atoms. The minimum absolute atomic E-state index is 0.0142. The number of hydrogen-bond acceptors (Lipinski definition) is 2. The Hall–Kier alpha value is -1.22. The largest absolute Gasteiger partial charge is 0.374 e. The Bertz CT molecular complexity index is 434. The maximum absolute atomic E-state index is 12.0. The van der Waals surface area contributed by atoms with Crippen molar-refractivity contribution in [1.29, 1.82) is 0 Å². The lowest BCUT2D eigenvalue weighted by Crippen LogP contribution is -2.42. The van der Waals surface area contributed by atoms with Crippen molar-refractivity contribution in [3.05, 3.63) is 28.8 Å². The molecule has 0 aromatic heterocycles. The summed E-state index contributed by atoms with van der Waals surface area (Å²) in [6.45, 7) is 7.98. The molecule has 19 heavy (non-hydrogen) atoms. The first-order valence-electron chi connectivity index (χ1n) is 6.77. The molecule has 0 spiro atoms. The van der Waals surface area contributed by atoms with E-state index < -0.39 is 0 Å². The number of hydrogen-bond donors (Lipinski definition) is 2. The van der Waals surface area contributed by atoms with Crippen LogP contribution in [0.3, 0.4) is 0 Å². The standard InChI is InChI=1S/C15H23ClN2O/c1-5-6-11(3)17-15(19)12(4)18-14-9-13(16)8-7-10(14)2/h7-9,11-12,18H,5-6H2,1-4H3,(H,17,19). The monoisotopic (exact) mass is 282 g/mol. The van der Waals surface area contributed by atoms with Gasteiger partial charge in [-0.3, -0.25) is 4.79 Å². The van der Waals surface area contributed by atoms with E-state index in [4.69, 9.17) is 11.6 Å². The van der Waals surface area contributed by atoms with Crippen molar-refractivity contribution in [2.45, 2.75) is 52.6 Å². The van der Waals surface area contributed by atoms with E-state index in [1.54, 1.807) is 0 Å². The minimum atomic E-state index is -0.281. The van der Waals surface area contributed by atoms with E-state index in [9.17, 15) is 4.79 Å². The molecule has 3 nitrogen and oxygen atoms in total. The predicted octanol–water partition coefficient (Wildman–Crippen LogP) is 3.75. The van der Waals surface area contributed by atoms with Crippen LogP contribution in [0.15, 0.2) is 18.2 Å².